The van der Waals surface area contributed by atoms with Crippen molar-refractivity contribution in [1.29, 1.82) is 0 Å². The molecule has 1 aromatic carbocycles. The standard InChI is InChI=1S/C13H17NO6S/c1-19-7-3-9-21(17,18)14-6-8-20-12-10(13(15)16)4-2-5-11(12)14/h2,4-5H,3,6-9H2,1H3,(H,15,16). The lowest BCUT2D eigenvalue weighted by molar-refractivity contribution is 0.0692. The van der Waals surface area contributed by atoms with E-state index in [1.165, 1.54) is 23.5 Å². The van der Waals surface area contributed by atoms with E-state index in [4.69, 9.17) is 14.6 Å². The van der Waals surface area contributed by atoms with Gasteiger partial charge in [-0.25, -0.2) is 13.2 Å². The largest absolute Gasteiger partial charge is 0.489 e. The van der Waals surface area contributed by atoms with Crippen molar-refractivity contribution in [2.75, 3.05) is 36.9 Å². The molecule has 1 heterocycles. The summed E-state index contributed by atoms with van der Waals surface area (Å²) in [5.74, 6) is -1.10. The van der Waals surface area contributed by atoms with Crippen molar-refractivity contribution in [3.63, 3.8) is 0 Å². The van der Waals surface area contributed by atoms with Crippen molar-refractivity contribution < 1.29 is 27.8 Å². The van der Waals surface area contributed by atoms with Crippen LogP contribution in [0.1, 0.15) is 16.8 Å². The first kappa shape index (κ1) is 15.6. The van der Waals surface area contributed by atoms with Crippen LogP contribution in [0.2, 0.25) is 0 Å². The van der Waals surface area contributed by atoms with Crippen molar-refractivity contribution in [2.45, 2.75) is 6.42 Å². The number of carboxylic acid groups (broad SMARTS) is 1. The molecular weight excluding hydrogens is 298 g/mol. The molecule has 0 spiro atoms. The fourth-order valence-electron chi connectivity index (χ4n) is 2.18. The first-order valence-electron chi connectivity index (χ1n) is 6.46. The zero-order chi connectivity index (χ0) is 15.5. The predicted molar refractivity (Wildman–Crippen MR) is 76.5 cm³/mol. The van der Waals surface area contributed by atoms with Crippen LogP contribution < -0.4 is 9.04 Å². The molecule has 0 saturated carbocycles. The average Bonchev–Trinajstić information content (AvgIpc) is 2.46. The number of carboxylic acids is 1. The molecule has 8 heteroatoms. The Morgan fingerprint density at radius 3 is 2.90 bits per heavy atom. The molecule has 0 unspecified atom stereocenters. The Labute approximate surface area is 123 Å². The molecule has 7 nitrogen and oxygen atoms in total. The van der Waals surface area contributed by atoms with E-state index in [1.54, 1.807) is 6.07 Å². The van der Waals surface area contributed by atoms with Crippen molar-refractivity contribution >= 4 is 21.7 Å². The molecule has 2 rings (SSSR count). The molecule has 1 N–H and O–H groups in total. The number of methoxy groups -OCH3 is 1. The number of carbonyl (C=O) groups is 1. The van der Waals surface area contributed by atoms with Crippen LogP contribution in [-0.4, -0.2) is 52.1 Å². The van der Waals surface area contributed by atoms with E-state index in [-0.39, 0.29) is 35.9 Å². The summed E-state index contributed by atoms with van der Waals surface area (Å²) in [6.07, 6.45) is 0.379. The summed E-state index contributed by atoms with van der Waals surface area (Å²) in [7, 11) is -2.02. The predicted octanol–water partition coefficient (Wildman–Crippen LogP) is 0.950. The Kier molecular flexibility index (Phi) is 4.69. The average molecular weight is 315 g/mol. The van der Waals surface area contributed by atoms with Crippen molar-refractivity contribution in [3.05, 3.63) is 23.8 Å². The maximum atomic E-state index is 12.4. The lowest BCUT2D eigenvalue weighted by Crippen LogP contribution is -2.39. The lowest BCUT2D eigenvalue weighted by Gasteiger charge is -2.31. The Bertz CT molecular complexity index is 628. The van der Waals surface area contributed by atoms with E-state index >= 15 is 0 Å². The maximum Gasteiger partial charge on any atom is 0.339 e. The second kappa shape index (κ2) is 6.31. The molecule has 0 aliphatic carbocycles. The number of anilines is 1. The number of sulfonamides is 1. The van der Waals surface area contributed by atoms with Crippen LogP contribution in [0.3, 0.4) is 0 Å². The van der Waals surface area contributed by atoms with Gasteiger partial charge >= 0.3 is 5.97 Å². The van der Waals surface area contributed by atoms with E-state index in [2.05, 4.69) is 0 Å². The summed E-state index contributed by atoms with van der Waals surface area (Å²) in [4.78, 5) is 11.2. The lowest BCUT2D eigenvalue weighted by atomic mass is 10.1. The smallest absolute Gasteiger partial charge is 0.339 e. The van der Waals surface area contributed by atoms with Crippen LogP contribution in [-0.2, 0) is 14.8 Å². The molecule has 0 amide bonds. The second-order valence-corrected chi connectivity index (χ2v) is 6.55. The molecule has 1 aliphatic heterocycles. The van der Waals surface area contributed by atoms with Crippen LogP contribution in [0.25, 0.3) is 0 Å². The summed E-state index contributed by atoms with van der Waals surface area (Å²) < 4.78 is 36.2. The highest BCUT2D eigenvalue weighted by atomic mass is 32.2. The van der Waals surface area contributed by atoms with Crippen molar-refractivity contribution in [1.82, 2.24) is 0 Å². The van der Waals surface area contributed by atoms with Gasteiger partial charge in [0.2, 0.25) is 10.0 Å². The van der Waals surface area contributed by atoms with E-state index in [0.29, 0.717) is 13.0 Å². The number of para-hydroxylation sites is 1. The minimum atomic E-state index is -3.53. The minimum Gasteiger partial charge on any atom is -0.489 e. The van der Waals surface area contributed by atoms with E-state index in [1.807, 2.05) is 0 Å². The van der Waals surface area contributed by atoms with Crippen LogP contribution in [0.15, 0.2) is 18.2 Å². The number of hydrogen-bond acceptors (Lipinski definition) is 5. The van der Waals surface area contributed by atoms with E-state index < -0.39 is 16.0 Å². The number of benzene rings is 1. The Balaban J connectivity index is 2.34. The van der Waals surface area contributed by atoms with Gasteiger partial charge in [0.1, 0.15) is 12.2 Å². The highest BCUT2D eigenvalue weighted by Gasteiger charge is 2.30. The normalized spacial score (nSPS) is 14.4. The first-order chi connectivity index (χ1) is 9.97. The molecule has 0 aromatic heterocycles. The van der Waals surface area contributed by atoms with Gasteiger partial charge in [0, 0.05) is 13.7 Å². The van der Waals surface area contributed by atoms with Crippen LogP contribution in [0.4, 0.5) is 5.69 Å². The zero-order valence-electron chi connectivity index (χ0n) is 11.6. The second-order valence-electron chi connectivity index (χ2n) is 4.54. The number of rotatable bonds is 6. The highest BCUT2D eigenvalue weighted by molar-refractivity contribution is 7.92. The van der Waals surface area contributed by atoms with E-state index in [0.717, 1.165) is 0 Å². The Morgan fingerprint density at radius 1 is 1.48 bits per heavy atom. The maximum absolute atomic E-state index is 12.4. The molecule has 0 bridgehead atoms. The zero-order valence-corrected chi connectivity index (χ0v) is 12.4. The molecule has 1 aliphatic rings. The molecule has 21 heavy (non-hydrogen) atoms. The quantitative estimate of drug-likeness (QED) is 0.786. The van der Waals surface area contributed by atoms with Gasteiger partial charge in [-0.3, -0.25) is 4.31 Å². The Hall–Kier alpha value is -1.80. The minimum absolute atomic E-state index is 0.0377. The highest BCUT2D eigenvalue weighted by Crippen LogP contribution is 2.36. The number of aromatic carboxylic acids is 1. The monoisotopic (exact) mass is 315 g/mol. The summed E-state index contributed by atoms with van der Waals surface area (Å²) in [6.45, 7) is 0.651. The first-order valence-corrected chi connectivity index (χ1v) is 8.07. The van der Waals surface area contributed by atoms with Gasteiger partial charge in [-0.2, -0.15) is 0 Å². The van der Waals surface area contributed by atoms with Gasteiger partial charge in [-0.05, 0) is 18.6 Å². The topological polar surface area (TPSA) is 93.1 Å². The van der Waals surface area contributed by atoms with Crippen LogP contribution >= 0.6 is 0 Å². The van der Waals surface area contributed by atoms with Gasteiger partial charge < -0.3 is 14.6 Å². The number of fused-ring (bicyclic) bond motifs is 1. The molecule has 0 fully saturated rings. The third kappa shape index (κ3) is 3.27. The summed E-state index contributed by atoms with van der Waals surface area (Å²) in [6, 6.07) is 4.45. The van der Waals surface area contributed by atoms with Gasteiger partial charge in [-0.1, -0.05) is 6.07 Å². The van der Waals surface area contributed by atoms with E-state index in [9.17, 15) is 13.2 Å². The van der Waals surface area contributed by atoms with Crippen molar-refractivity contribution in [2.24, 2.45) is 0 Å². The van der Waals surface area contributed by atoms with Crippen LogP contribution in [0.5, 0.6) is 5.75 Å². The van der Waals surface area contributed by atoms with Gasteiger partial charge in [-0.15, -0.1) is 0 Å². The fraction of sp³-hybridized carbons (Fsp3) is 0.462. The summed E-state index contributed by atoms with van der Waals surface area (Å²) in [5.41, 5.74) is 0.239. The number of hydrogen-bond donors (Lipinski definition) is 1. The van der Waals surface area contributed by atoms with Gasteiger partial charge in [0.25, 0.3) is 0 Å². The molecular formula is C13H17NO6S. The third-order valence-corrected chi connectivity index (χ3v) is 4.98. The van der Waals surface area contributed by atoms with Crippen molar-refractivity contribution in [3.8, 4) is 5.75 Å². The fourth-order valence-corrected chi connectivity index (χ4v) is 3.68. The molecule has 0 saturated heterocycles. The third-order valence-electron chi connectivity index (χ3n) is 3.12. The van der Waals surface area contributed by atoms with Crippen LogP contribution in [0, 0.1) is 0 Å². The van der Waals surface area contributed by atoms with Gasteiger partial charge in [0.05, 0.1) is 18.0 Å². The SMILES string of the molecule is COCCCS(=O)(=O)N1CCOc2c(C(=O)O)cccc21. The molecule has 0 radical (unpaired) electrons. The molecule has 0 atom stereocenters. The Morgan fingerprint density at radius 2 is 2.24 bits per heavy atom. The number of ether oxygens (including phenoxy) is 2. The summed E-state index contributed by atoms with van der Waals surface area (Å²) >= 11 is 0. The van der Waals surface area contributed by atoms with Gasteiger partial charge in [0.15, 0.2) is 5.75 Å². The number of nitrogens with zero attached hydrogens (tertiary/aromatic N) is 1. The summed E-state index contributed by atoms with van der Waals surface area (Å²) in [5, 5.41) is 9.14. The molecule has 116 valence electrons. The molecule has 1 aromatic rings.